The Hall–Kier alpha value is -1.07. The fourth-order valence-electron chi connectivity index (χ4n) is 2.30. The lowest BCUT2D eigenvalue weighted by atomic mass is 10.2. The van der Waals surface area contributed by atoms with Gasteiger partial charge in [-0.25, -0.2) is 0 Å². The van der Waals surface area contributed by atoms with Crippen LogP contribution in [0.3, 0.4) is 0 Å². The van der Waals surface area contributed by atoms with Crippen molar-refractivity contribution >= 4 is 21.8 Å². The number of amides is 1. The minimum atomic E-state index is -0.0657. The van der Waals surface area contributed by atoms with E-state index in [4.69, 9.17) is 4.74 Å². The summed E-state index contributed by atoms with van der Waals surface area (Å²) < 4.78 is 6.39. The number of carbonyl (C=O) groups is 1. The number of benzene rings is 1. The first kappa shape index (κ1) is 14.3. The Kier molecular flexibility index (Phi) is 4.82. The summed E-state index contributed by atoms with van der Waals surface area (Å²) in [6, 6.07) is 5.70. The monoisotopic (exact) mass is 327 g/mol. The van der Waals surface area contributed by atoms with Crippen LogP contribution >= 0.6 is 15.9 Å². The minimum Gasteiger partial charge on any atom is -0.483 e. The number of rotatable bonds is 4. The summed E-state index contributed by atoms with van der Waals surface area (Å²) in [4.78, 5) is 13.8. The molecular formula is C14H18BrNO3. The molecule has 1 atom stereocenters. The summed E-state index contributed by atoms with van der Waals surface area (Å²) in [5, 5.41) is 9.20. The molecule has 0 radical (unpaired) electrons. The van der Waals surface area contributed by atoms with E-state index >= 15 is 0 Å². The standard InChI is InChI=1S/C14H18BrNO3/c1-10-4-5-13(12(15)7-10)19-9-14(18)16-6-2-3-11(16)8-17/h4-5,7,11,17H,2-3,6,8-9H2,1H3. The molecular weight excluding hydrogens is 310 g/mol. The second-order valence-corrected chi connectivity index (χ2v) is 5.64. The molecule has 1 aliphatic rings. The molecule has 19 heavy (non-hydrogen) atoms. The van der Waals surface area contributed by atoms with Crippen LogP contribution in [0.5, 0.6) is 5.75 Å². The summed E-state index contributed by atoms with van der Waals surface area (Å²) in [6.45, 7) is 2.75. The first-order valence-corrected chi connectivity index (χ1v) is 7.20. The van der Waals surface area contributed by atoms with Crippen LogP contribution in [0.25, 0.3) is 0 Å². The lowest BCUT2D eigenvalue weighted by Gasteiger charge is -2.23. The number of likely N-dealkylation sites (tertiary alicyclic amines) is 1. The third-order valence-corrected chi connectivity index (χ3v) is 3.97. The number of hydrogen-bond acceptors (Lipinski definition) is 3. The van der Waals surface area contributed by atoms with E-state index in [9.17, 15) is 9.90 Å². The molecule has 1 aromatic rings. The first-order valence-electron chi connectivity index (χ1n) is 6.41. The van der Waals surface area contributed by atoms with Crippen LogP contribution in [0, 0.1) is 6.92 Å². The van der Waals surface area contributed by atoms with Crippen LogP contribution in [0.1, 0.15) is 18.4 Å². The van der Waals surface area contributed by atoms with Gasteiger partial charge in [0.25, 0.3) is 5.91 Å². The van der Waals surface area contributed by atoms with Crippen molar-refractivity contribution in [3.05, 3.63) is 28.2 Å². The van der Waals surface area contributed by atoms with Crippen molar-refractivity contribution < 1.29 is 14.6 Å². The summed E-state index contributed by atoms with van der Waals surface area (Å²) in [7, 11) is 0. The number of carbonyl (C=O) groups excluding carboxylic acids is 1. The third kappa shape index (κ3) is 3.48. The number of nitrogens with zero attached hydrogens (tertiary/aromatic N) is 1. The first-order chi connectivity index (χ1) is 9.11. The molecule has 1 unspecified atom stereocenters. The van der Waals surface area contributed by atoms with Gasteiger partial charge in [0.15, 0.2) is 6.61 Å². The van der Waals surface area contributed by atoms with Crippen molar-refractivity contribution in [1.29, 1.82) is 0 Å². The summed E-state index contributed by atoms with van der Waals surface area (Å²) in [6.07, 6.45) is 1.82. The SMILES string of the molecule is Cc1ccc(OCC(=O)N2CCCC2CO)c(Br)c1. The molecule has 4 nitrogen and oxygen atoms in total. The van der Waals surface area contributed by atoms with Gasteiger partial charge in [0.1, 0.15) is 5.75 Å². The predicted molar refractivity (Wildman–Crippen MR) is 76.2 cm³/mol. The Bertz CT molecular complexity index is 464. The van der Waals surface area contributed by atoms with E-state index in [1.807, 2.05) is 25.1 Å². The largest absolute Gasteiger partial charge is 0.483 e. The van der Waals surface area contributed by atoms with Crippen molar-refractivity contribution in [2.45, 2.75) is 25.8 Å². The van der Waals surface area contributed by atoms with Crippen molar-refractivity contribution in [3.63, 3.8) is 0 Å². The van der Waals surface area contributed by atoms with Gasteiger partial charge in [-0.3, -0.25) is 4.79 Å². The molecule has 0 aliphatic carbocycles. The second kappa shape index (κ2) is 6.39. The number of aryl methyl sites for hydroxylation is 1. The van der Waals surface area contributed by atoms with Crippen LogP contribution in [-0.4, -0.2) is 41.7 Å². The normalized spacial score (nSPS) is 18.7. The molecule has 104 valence electrons. The molecule has 5 heteroatoms. The van der Waals surface area contributed by atoms with Gasteiger partial charge >= 0.3 is 0 Å². The van der Waals surface area contributed by atoms with E-state index in [1.54, 1.807) is 4.90 Å². The van der Waals surface area contributed by atoms with Gasteiger partial charge in [0.2, 0.25) is 0 Å². The molecule has 1 aromatic carbocycles. The second-order valence-electron chi connectivity index (χ2n) is 4.79. The van der Waals surface area contributed by atoms with E-state index in [2.05, 4.69) is 15.9 Å². The topological polar surface area (TPSA) is 49.8 Å². The van der Waals surface area contributed by atoms with Crippen molar-refractivity contribution in [2.24, 2.45) is 0 Å². The van der Waals surface area contributed by atoms with Gasteiger partial charge in [-0.15, -0.1) is 0 Å². The van der Waals surface area contributed by atoms with Crippen LogP contribution in [0.4, 0.5) is 0 Å². The number of aliphatic hydroxyl groups excluding tert-OH is 1. The zero-order valence-corrected chi connectivity index (χ0v) is 12.5. The van der Waals surface area contributed by atoms with Gasteiger partial charge in [0, 0.05) is 6.54 Å². The highest BCUT2D eigenvalue weighted by Gasteiger charge is 2.28. The Labute approximate surface area is 121 Å². The van der Waals surface area contributed by atoms with E-state index in [1.165, 1.54) is 0 Å². The number of ether oxygens (including phenoxy) is 1. The zero-order chi connectivity index (χ0) is 13.8. The van der Waals surface area contributed by atoms with Gasteiger partial charge in [0.05, 0.1) is 17.1 Å². The summed E-state index contributed by atoms with van der Waals surface area (Å²) in [5.74, 6) is 0.600. The average molecular weight is 328 g/mol. The predicted octanol–water partition coefficient (Wildman–Crippen LogP) is 2.12. The highest BCUT2D eigenvalue weighted by Crippen LogP contribution is 2.26. The van der Waals surface area contributed by atoms with Crippen LogP contribution in [-0.2, 0) is 4.79 Å². The molecule has 1 amide bonds. The Morgan fingerprint density at radius 1 is 1.58 bits per heavy atom. The van der Waals surface area contributed by atoms with E-state index in [0.29, 0.717) is 12.3 Å². The highest BCUT2D eigenvalue weighted by molar-refractivity contribution is 9.10. The number of aliphatic hydroxyl groups is 1. The Balaban J connectivity index is 1.93. The van der Waals surface area contributed by atoms with Crippen molar-refractivity contribution in [1.82, 2.24) is 4.90 Å². The number of halogens is 1. The fraction of sp³-hybridized carbons (Fsp3) is 0.500. The third-order valence-electron chi connectivity index (χ3n) is 3.35. The smallest absolute Gasteiger partial charge is 0.260 e. The van der Waals surface area contributed by atoms with Crippen LogP contribution in [0.15, 0.2) is 22.7 Å². The van der Waals surface area contributed by atoms with E-state index in [0.717, 1.165) is 22.9 Å². The van der Waals surface area contributed by atoms with E-state index < -0.39 is 0 Å². The zero-order valence-electron chi connectivity index (χ0n) is 10.9. The van der Waals surface area contributed by atoms with Gasteiger partial charge < -0.3 is 14.7 Å². The molecule has 2 rings (SSSR count). The van der Waals surface area contributed by atoms with Crippen molar-refractivity contribution in [3.8, 4) is 5.75 Å². The molecule has 0 saturated carbocycles. The lowest BCUT2D eigenvalue weighted by Crippen LogP contribution is -2.40. The maximum absolute atomic E-state index is 12.0. The molecule has 1 saturated heterocycles. The molecule has 1 aliphatic heterocycles. The maximum Gasteiger partial charge on any atom is 0.260 e. The average Bonchev–Trinajstić information content (AvgIpc) is 2.85. The molecule has 1 fully saturated rings. The van der Waals surface area contributed by atoms with Crippen LogP contribution < -0.4 is 4.74 Å². The molecule has 0 aromatic heterocycles. The van der Waals surface area contributed by atoms with Crippen molar-refractivity contribution in [2.75, 3.05) is 19.8 Å². The Morgan fingerprint density at radius 3 is 3.05 bits per heavy atom. The summed E-state index contributed by atoms with van der Waals surface area (Å²) in [5.41, 5.74) is 1.13. The lowest BCUT2D eigenvalue weighted by molar-refractivity contribution is -0.134. The molecule has 0 spiro atoms. The minimum absolute atomic E-state index is 0.0121. The van der Waals surface area contributed by atoms with E-state index in [-0.39, 0.29) is 25.2 Å². The molecule has 1 heterocycles. The van der Waals surface area contributed by atoms with Gasteiger partial charge in [-0.2, -0.15) is 0 Å². The molecule has 0 bridgehead atoms. The molecule has 1 N–H and O–H groups in total. The van der Waals surface area contributed by atoms with Gasteiger partial charge in [-0.05, 0) is 53.4 Å². The number of hydrogen-bond donors (Lipinski definition) is 1. The maximum atomic E-state index is 12.0. The van der Waals surface area contributed by atoms with Crippen LogP contribution in [0.2, 0.25) is 0 Å². The quantitative estimate of drug-likeness (QED) is 0.921. The highest BCUT2D eigenvalue weighted by atomic mass is 79.9. The van der Waals surface area contributed by atoms with Gasteiger partial charge in [-0.1, -0.05) is 6.07 Å². The Morgan fingerprint density at radius 2 is 2.37 bits per heavy atom. The fourth-order valence-corrected chi connectivity index (χ4v) is 2.91. The summed E-state index contributed by atoms with van der Waals surface area (Å²) >= 11 is 3.42.